The second-order valence-electron chi connectivity index (χ2n) is 23.2. The van der Waals surface area contributed by atoms with Gasteiger partial charge in [0.1, 0.15) is 11.4 Å². The molecule has 3 N–H and O–H groups in total. The van der Waals surface area contributed by atoms with Crippen molar-refractivity contribution in [1.82, 2.24) is 57.2 Å². The summed E-state index contributed by atoms with van der Waals surface area (Å²) in [5.41, 5.74) is 8.11. The number of esters is 2. The quantitative estimate of drug-likeness (QED) is 0.0242. The van der Waals surface area contributed by atoms with Crippen molar-refractivity contribution in [2.45, 2.75) is 181 Å². The standard InChI is InChI=1S/C14H17ClN2O.C14H15ClN2O.C10H11ClN2O3.C10H9ClN2O2.C8H7ClN2O.C8H5ClN2O.C6H11.7CH4.2B.Cl3OP.ClH.Mg.2Na.2H/c2*15-11-6-12-8-16-9-17(12)13(7-11)14(18)10-4-2-1-3-5-10;1-2-16-10(15)9-4-7(11)3-8(13-9)5-12-6-14;1-2-15-10(14)9-4-7(11)3-8-5-12-6-13(8)9;2*9-6-1-7-3-10-5-11(7)8(2-6)4-12;1-2-4-6-5-3-1;;;;;;;;;;1-5(2,3)4;;;;;;/h6-10,14,18H,1-5H2;6-10H,1-5H2;3-4,6H,2,5H2,1H3,(H,12,14);3-6H,2H2,1H3;1-3,5,12H,4H2;1-5H;1H,2-6H2;7*1H4;;;;1H;;;;;/q;;;;;;-1;;;;;;;;;;;;+2;2*+1;2*-1/p-1. The van der Waals surface area contributed by atoms with Gasteiger partial charge in [0.05, 0.1) is 151 Å². The van der Waals surface area contributed by atoms with Gasteiger partial charge >= 0.3 is 99.3 Å². The number of carbonyl (C=O) groups excluding carboxylic acids is 5. The first kappa shape index (κ1) is 124. The zero-order valence-corrected chi connectivity index (χ0v) is 73.6. The summed E-state index contributed by atoms with van der Waals surface area (Å²) >= 11 is 49.3. The van der Waals surface area contributed by atoms with Crippen molar-refractivity contribution in [3.05, 3.63) is 212 Å². The van der Waals surface area contributed by atoms with Gasteiger partial charge in [-0.3, -0.25) is 32.2 Å². The van der Waals surface area contributed by atoms with Crippen LogP contribution in [0.25, 0.3) is 27.6 Å². The van der Waals surface area contributed by atoms with Gasteiger partial charge in [-0.25, -0.2) is 39.5 Å². The molecule has 0 bridgehead atoms. The van der Waals surface area contributed by atoms with Gasteiger partial charge in [-0.05, 0) is 152 Å². The number of aliphatic hydroxyl groups excluding tert-OH is 2. The summed E-state index contributed by atoms with van der Waals surface area (Å²) in [5, 5.41) is 22.1. The number of aldehydes is 1. The Hall–Kier alpha value is -3.70. The molecule has 6 radical (unpaired) electrons. The number of nitrogens with one attached hydrogen (secondary N) is 1. The van der Waals surface area contributed by atoms with E-state index in [9.17, 15) is 33.6 Å². The molecule has 11 aromatic rings. The first-order valence-corrected chi connectivity index (χ1v) is 39.2. The number of hydrogen-bond donors (Lipinski definition) is 3. The zero-order valence-electron chi connectivity index (χ0n) is 61.8. The number of nitrogens with zero attached hydrogens (tertiary/aromatic N) is 11. The van der Waals surface area contributed by atoms with Crippen LogP contribution in [0, 0.1) is 18.3 Å². The molecule has 38 heteroatoms. The molecule has 3 aliphatic carbocycles. The first-order chi connectivity index (χ1) is 49.0. The van der Waals surface area contributed by atoms with E-state index in [0.29, 0.717) is 71.8 Å². The first-order valence-electron chi connectivity index (χ1n) is 32.6. The van der Waals surface area contributed by atoms with E-state index < -0.39 is 23.2 Å². The molecule has 0 saturated heterocycles. The van der Waals surface area contributed by atoms with Crippen LogP contribution < -0.4 is 76.8 Å². The monoisotopic (exact) mass is 1830 g/mol. The molecular weight excluding hydrogens is 1730 g/mol. The predicted octanol–water partition coefficient (Wildman–Crippen LogP) is 13.5. The van der Waals surface area contributed by atoms with Gasteiger partial charge < -0.3 is 55.5 Å². The third kappa shape index (κ3) is 40.7. The second-order valence-corrected chi connectivity index (χ2v) is 32.4. The van der Waals surface area contributed by atoms with Crippen LogP contribution in [-0.4, -0.2) is 146 Å². The largest absolute Gasteiger partial charge is 2.00 e. The summed E-state index contributed by atoms with van der Waals surface area (Å²) in [7, 11) is 0. The van der Waals surface area contributed by atoms with E-state index in [-0.39, 0.29) is 203 Å². The number of rotatable bonds is 13. The van der Waals surface area contributed by atoms with Crippen LogP contribution in [0.1, 0.15) is 230 Å². The average Bonchev–Trinajstić information content (AvgIpc) is 1.72. The molecule has 0 spiro atoms. The van der Waals surface area contributed by atoms with E-state index in [1.807, 2.05) is 27.0 Å². The number of aliphatic hydroxyl groups is 2. The van der Waals surface area contributed by atoms with Gasteiger partial charge in [-0.2, -0.15) is 12.8 Å². The maximum absolute atomic E-state index is 12.6. The summed E-state index contributed by atoms with van der Waals surface area (Å²) in [5.74, 6) is -0.216. The van der Waals surface area contributed by atoms with Gasteiger partial charge in [0, 0.05) is 52.9 Å². The van der Waals surface area contributed by atoms with E-state index in [4.69, 9.17) is 84.2 Å². The van der Waals surface area contributed by atoms with E-state index >= 15 is 0 Å². The number of ketones is 1. The van der Waals surface area contributed by atoms with Crippen molar-refractivity contribution < 1.29 is 123 Å². The summed E-state index contributed by atoms with van der Waals surface area (Å²) in [4.78, 5) is 80.2. The van der Waals surface area contributed by atoms with Crippen LogP contribution in [0.15, 0.2) is 135 Å². The molecule has 0 aliphatic heterocycles. The number of ether oxygens (including phenoxy) is 2. The molecule has 3 aliphatic rings. The van der Waals surface area contributed by atoms with Crippen molar-refractivity contribution in [2.24, 2.45) is 11.8 Å². The molecule has 0 aromatic carbocycles. The number of carbonyl (C=O) groups is 5. The van der Waals surface area contributed by atoms with Crippen molar-refractivity contribution in [3.8, 4) is 0 Å². The zero-order chi connectivity index (χ0) is 73.7. The Morgan fingerprint density at radius 3 is 1.38 bits per heavy atom. The average molecular weight is 1840 g/mol. The van der Waals surface area contributed by atoms with Crippen LogP contribution in [0.2, 0.25) is 30.1 Å². The minimum atomic E-state index is -3.22. The van der Waals surface area contributed by atoms with E-state index in [0.717, 1.165) is 83.8 Å². The maximum atomic E-state index is 12.6. The fraction of sp³-hybridized carbons (Fsp3) is 0.403. The minimum absolute atomic E-state index is 0. The number of pyridine rings is 6. The van der Waals surface area contributed by atoms with Crippen molar-refractivity contribution in [1.29, 1.82) is 0 Å². The van der Waals surface area contributed by atoms with Crippen LogP contribution in [0.5, 0.6) is 0 Å². The Bertz CT molecular complexity index is 4620. The molecule has 14 rings (SSSR count). The number of amides is 1. The Morgan fingerprint density at radius 2 is 0.930 bits per heavy atom. The predicted molar refractivity (Wildman–Crippen MR) is 468 cm³/mol. The van der Waals surface area contributed by atoms with Crippen molar-refractivity contribution in [3.63, 3.8) is 0 Å². The van der Waals surface area contributed by atoms with E-state index in [2.05, 4.69) is 75.4 Å². The summed E-state index contributed by atoms with van der Waals surface area (Å²) in [6.45, 7) is 4.26. The number of halogens is 10. The molecule has 11 aromatic heterocycles. The van der Waals surface area contributed by atoms with Gasteiger partial charge in [0.15, 0.2) is 12.1 Å². The van der Waals surface area contributed by atoms with Crippen molar-refractivity contribution >= 4 is 206 Å². The topological polar surface area (TPSA) is 273 Å². The molecule has 3 fully saturated rings. The summed E-state index contributed by atoms with van der Waals surface area (Å²) < 4.78 is 28.1. The second kappa shape index (κ2) is 65.1. The third-order valence-electron chi connectivity index (χ3n) is 16.0. The molecule has 1 unspecified atom stereocenters. The van der Waals surface area contributed by atoms with Crippen LogP contribution in [0.4, 0.5) is 0 Å². The number of imidazole rings is 5. The molecule has 22 nitrogen and oxygen atoms in total. The smallest absolute Gasteiger partial charge is 1.00 e. The molecule has 3 saturated carbocycles. The van der Waals surface area contributed by atoms with E-state index in [1.165, 1.54) is 63.9 Å². The van der Waals surface area contributed by atoms with Gasteiger partial charge in [-0.15, -0.1) is 0 Å². The van der Waals surface area contributed by atoms with Crippen LogP contribution in [0.3, 0.4) is 0 Å². The molecule has 618 valence electrons. The summed E-state index contributed by atoms with van der Waals surface area (Å²) in [6, 6.07) is 20.5. The Kier molecular flexibility index (Phi) is 70.4. The van der Waals surface area contributed by atoms with Crippen molar-refractivity contribution in [2.75, 3.05) is 13.2 Å². The number of fused-ring (bicyclic) bond motifs is 5. The number of hydrogen-bond acceptors (Lipinski definition) is 16. The number of Topliss-reactive ketones (excluding diaryl/α,β-unsaturated/α-hetero) is 1. The van der Waals surface area contributed by atoms with Crippen LogP contribution >= 0.6 is 109 Å². The van der Waals surface area contributed by atoms with Gasteiger partial charge in [-0.1, -0.05) is 179 Å². The van der Waals surface area contributed by atoms with Gasteiger partial charge in [0.2, 0.25) is 6.41 Å². The Balaban J connectivity index is -0.000000163. The van der Waals surface area contributed by atoms with Gasteiger partial charge in [0.25, 0.3) is 0 Å². The number of aromatic nitrogens is 11. The minimum Gasteiger partial charge on any atom is -1.00 e. The Labute approximate surface area is 796 Å². The normalized spacial score (nSPS) is 12.4. The fourth-order valence-corrected chi connectivity index (χ4v) is 12.7. The molecule has 115 heavy (non-hydrogen) atoms. The Morgan fingerprint density at radius 1 is 0.548 bits per heavy atom. The third-order valence-corrected chi connectivity index (χ3v) is 17.3. The molecular formula is C77H105B2Cl10MgN12Na2O10P. The molecule has 11 heterocycles. The van der Waals surface area contributed by atoms with E-state index in [1.54, 1.807) is 138 Å². The SMILES string of the molecule is C.C.C.C.C.C.C.CCOC(=O)c1cc(Cl)cc(CNC=O)n1.CCOC(=O)c1cc(Cl)cc2cncn12.O=C(c1cc(Cl)cc2cncn12)C1CCCCC1.O=Cc1cc(Cl)cc2cncn12.O=P(Cl)(Cl)Cl.OC(c1cc(Cl)cc2cncn12)C1CCCCC1.OCc1cc(Cl)cc2cncn12.[B].[B].[CH-]1CCCCC1.[Cl-].[H-].[H-].[Mg+2].[Na+].[Na+]. The molecule has 1 amide bonds. The molecule has 1 atom stereocenters. The maximum Gasteiger partial charge on any atom is 2.00 e. The van der Waals surface area contributed by atoms with Crippen LogP contribution in [-0.2, 0) is 32.0 Å². The fourth-order valence-electron chi connectivity index (χ4n) is 11.4. The summed E-state index contributed by atoms with van der Waals surface area (Å²) in [6.07, 6.45) is 38.5.